The number of hydrogen-bond donors (Lipinski definition) is 2. The Bertz CT molecular complexity index is 2010. The molecule has 0 fully saturated rings. The van der Waals surface area contributed by atoms with Gasteiger partial charge in [0.25, 0.3) is 0 Å². The van der Waals surface area contributed by atoms with E-state index in [0.717, 1.165) is 49.3 Å². The SMILES string of the molecule is CCC.CCC.CCC.CN=Nc1[c-]c2c(C)c(N=NC)ccc2cc1.CN=Nc1ccc2ccccc2c1O.CN=Nc1ccc2ccccc2c1O.[Y]. The molecule has 289 valence electrons. The van der Waals surface area contributed by atoms with Crippen LogP contribution in [0.15, 0.2) is 138 Å². The van der Waals surface area contributed by atoms with E-state index in [2.05, 4.69) is 88.5 Å². The molecule has 0 saturated carbocycles. The summed E-state index contributed by atoms with van der Waals surface area (Å²) in [5.74, 6) is 0.377. The molecule has 0 aliphatic carbocycles. The molecule has 0 atom stereocenters. The number of aryl methyl sites for hydroxylation is 1. The molecule has 0 saturated heterocycles. The van der Waals surface area contributed by atoms with Crippen LogP contribution in [-0.2, 0) is 32.7 Å². The van der Waals surface area contributed by atoms with Crippen LogP contribution < -0.4 is 0 Å². The number of aromatic hydroxyl groups is 2. The van der Waals surface area contributed by atoms with Gasteiger partial charge in [-0.2, -0.15) is 40.9 Å². The molecule has 0 amide bonds. The molecule has 0 aliphatic rings. The third kappa shape index (κ3) is 16.6. The van der Waals surface area contributed by atoms with Crippen LogP contribution in [0.3, 0.4) is 0 Å². The van der Waals surface area contributed by atoms with Crippen LogP contribution in [-0.4, -0.2) is 38.4 Å². The van der Waals surface area contributed by atoms with Crippen molar-refractivity contribution in [3.8, 4) is 11.5 Å². The van der Waals surface area contributed by atoms with Gasteiger partial charge in [-0.25, -0.2) is 0 Å². The van der Waals surface area contributed by atoms with Crippen molar-refractivity contribution in [1.82, 2.24) is 0 Å². The molecular weight excluding hydrogens is 761 g/mol. The quantitative estimate of drug-likeness (QED) is 0.135. The molecule has 0 spiro atoms. The molecule has 0 unspecified atom stereocenters. The van der Waals surface area contributed by atoms with E-state index in [0.29, 0.717) is 11.4 Å². The maximum atomic E-state index is 9.83. The number of benzene rings is 6. The summed E-state index contributed by atoms with van der Waals surface area (Å²) in [4.78, 5) is 0. The number of hydrogen-bond acceptors (Lipinski definition) is 10. The Labute approximate surface area is 352 Å². The number of nitrogens with zero attached hydrogens (tertiary/aromatic N) is 8. The summed E-state index contributed by atoms with van der Waals surface area (Å²) >= 11 is 0. The van der Waals surface area contributed by atoms with Gasteiger partial charge in [-0.05, 0) is 22.9 Å². The molecule has 1 radical (unpaired) electrons. The van der Waals surface area contributed by atoms with E-state index in [1.807, 2.05) is 91.9 Å². The minimum Gasteiger partial charge on any atom is -0.505 e. The van der Waals surface area contributed by atoms with Gasteiger partial charge in [0.15, 0.2) is 11.5 Å². The molecule has 55 heavy (non-hydrogen) atoms. The van der Waals surface area contributed by atoms with Crippen molar-refractivity contribution in [3.63, 3.8) is 0 Å². The minimum atomic E-state index is 0. The van der Waals surface area contributed by atoms with E-state index >= 15 is 0 Å². The van der Waals surface area contributed by atoms with E-state index in [1.54, 1.807) is 40.3 Å². The van der Waals surface area contributed by atoms with Crippen LogP contribution in [0.5, 0.6) is 11.5 Å². The number of rotatable bonds is 4. The largest absolute Gasteiger partial charge is 0.505 e. The molecular formula is C44H57N8O2Y-. The van der Waals surface area contributed by atoms with Crippen LogP contribution in [0, 0.1) is 13.0 Å². The van der Waals surface area contributed by atoms with Crippen molar-refractivity contribution in [3.05, 3.63) is 109 Å². The third-order valence-corrected chi connectivity index (χ3v) is 6.73. The molecule has 0 bridgehead atoms. The molecule has 6 rings (SSSR count). The molecule has 0 aromatic heterocycles. The van der Waals surface area contributed by atoms with Gasteiger partial charge in [0, 0.05) is 83.0 Å². The van der Waals surface area contributed by atoms with Gasteiger partial charge in [0.1, 0.15) is 11.4 Å². The summed E-state index contributed by atoms with van der Waals surface area (Å²) in [6.45, 7) is 14.8. The smallest absolute Gasteiger partial charge is 0.150 e. The van der Waals surface area contributed by atoms with Gasteiger partial charge in [0.2, 0.25) is 0 Å². The maximum absolute atomic E-state index is 9.83. The summed E-state index contributed by atoms with van der Waals surface area (Å²) in [7, 11) is 6.46. The zero-order chi connectivity index (χ0) is 40.3. The Morgan fingerprint density at radius 2 is 0.800 bits per heavy atom. The van der Waals surface area contributed by atoms with Crippen molar-refractivity contribution >= 4 is 55.1 Å². The normalized spacial score (nSPS) is 10.4. The van der Waals surface area contributed by atoms with E-state index < -0.39 is 0 Å². The van der Waals surface area contributed by atoms with E-state index in [-0.39, 0.29) is 44.2 Å². The Kier molecular flexibility index (Phi) is 27.0. The predicted molar refractivity (Wildman–Crippen MR) is 228 cm³/mol. The Morgan fingerprint density at radius 3 is 1.22 bits per heavy atom. The monoisotopic (exact) mass is 818 g/mol. The average molecular weight is 819 g/mol. The van der Waals surface area contributed by atoms with Gasteiger partial charge in [-0.15, -0.1) is 29.0 Å². The first-order chi connectivity index (χ1) is 26.2. The second kappa shape index (κ2) is 29.5. The fourth-order valence-electron chi connectivity index (χ4n) is 4.61. The predicted octanol–water partition coefficient (Wildman–Crippen LogP) is 15.1. The van der Waals surface area contributed by atoms with Gasteiger partial charge < -0.3 is 10.2 Å². The Hall–Kier alpha value is -4.80. The van der Waals surface area contributed by atoms with Crippen LogP contribution >= 0.6 is 0 Å². The molecule has 11 heteroatoms. The van der Waals surface area contributed by atoms with Gasteiger partial charge in [-0.1, -0.05) is 146 Å². The second-order valence-corrected chi connectivity index (χ2v) is 11.6. The summed E-state index contributed by atoms with van der Waals surface area (Å²) in [6, 6.07) is 33.7. The maximum Gasteiger partial charge on any atom is 0.150 e. The number of fused-ring (bicyclic) bond motifs is 3. The zero-order valence-corrected chi connectivity index (χ0v) is 37.2. The minimum absolute atomic E-state index is 0. The number of phenolic OH excluding ortho intramolecular Hbond substituents is 2. The van der Waals surface area contributed by atoms with Crippen molar-refractivity contribution in [2.24, 2.45) is 40.9 Å². The molecule has 10 nitrogen and oxygen atoms in total. The van der Waals surface area contributed by atoms with Crippen LogP contribution in [0.2, 0.25) is 0 Å². The van der Waals surface area contributed by atoms with Gasteiger partial charge in [-0.3, -0.25) is 0 Å². The first kappa shape index (κ1) is 50.2. The number of phenols is 2. The van der Waals surface area contributed by atoms with Crippen molar-refractivity contribution in [2.45, 2.75) is 67.7 Å². The Morgan fingerprint density at radius 1 is 0.455 bits per heavy atom. The zero-order valence-electron chi connectivity index (χ0n) is 34.4. The summed E-state index contributed by atoms with van der Waals surface area (Å²) < 4.78 is 0. The fourth-order valence-corrected chi connectivity index (χ4v) is 4.61. The summed E-state index contributed by atoms with van der Waals surface area (Å²) in [6.07, 6.45) is 3.75. The van der Waals surface area contributed by atoms with E-state index in [4.69, 9.17) is 0 Å². The standard InChI is InChI=1S/C13H13N4.2C11H10N2O.3C3H8.Y/c1-9-12-8-11(16-14-2)6-4-10(12)5-7-13(9)17-15-3;2*1-12-13-10-7-6-8-4-2-3-5-9(8)11(10)14;3*1-3-2;/h4-7H,1-3H3;2*2-7,14H,1H3;3*3H2,1-2H3;/q-1;;;;;;. The van der Waals surface area contributed by atoms with Gasteiger partial charge in [0.05, 0.1) is 0 Å². The molecule has 2 N–H and O–H groups in total. The first-order valence-electron chi connectivity index (χ1n) is 18.2. The molecule has 0 heterocycles. The van der Waals surface area contributed by atoms with Crippen LogP contribution in [0.4, 0.5) is 22.7 Å². The van der Waals surface area contributed by atoms with Gasteiger partial charge >= 0.3 is 0 Å². The topological polar surface area (TPSA) is 139 Å². The molecule has 6 aromatic rings. The van der Waals surface area contributed by atoms with E-state index in [1.165, 1.54) is 19.3 Å². The van der Waals surface area contributed by atoms with Crippen LogP contribution in [0.1, 0.15) is 66.4 Å². The molecule has 6 aromatic carbocycles. The van der Waals surface area contributed by atoms with Crippen molar-refractivity contribution in [2.75, 3.05) is 28.2 Å². The second-order valence-electron chi connectivity index (χ2n) is 11.6. The fraction of sp³-hybridized carbons (Fsp3) is 0.318. The molecule has 0 aliphatic heterocycles. The third-order valence-electron chi connectivity index (χ3n) is 6.73. The average Bonchev–Trinajstić information content (AvgIpc) is 3.17. The summed E-state index contributed by atoms with van der Waals surface area (Å²) in [5, 5.41) is 56.0. The van der Waals surface area contributed by atoms with Crippen molar-refractivity contribution in [1.29, 1.82) is 0 Å². The van der Waals surface area contributed by atoms with Crippen molar-refractivity contribution < 1.29 is 42.9 Å². The van der Waals surface area contributed by atoms with Crippen LogP contribution in [0.25, 0.3) is 32.3 Å². The Balaban J connectivity index is 0.000000713. The first-order valence-corrected chi connectivity index (χ1v) is 18.2. The number of azo groups is 4. The van der Waals surface area contributed by atoms with E-state index in [9.17, 15) is 10.2 Å². The summed E-state index contributed by atoms with van der Waals surface area (Å²) in [5.41, 5.74) is 3.66.